The minimum atomic E-state index is -0.723. The van der Waals surface area contributed by atoms with Gasteiger partial charge in [0.15, 0.2) is 0 Å². The van der Waals surface area contributed by atoms with Gasteiger partial charge in [-0.3, -0.25) is 4.79 Å². The van der Waals surface area contributed by atoms with Crippen LogP contribution in [0.15, 0.2) is 24.3 Å². The SMILES string of the molecule is N#Cc1ccccc1OCC(O)CNCCC(N)=O. The predicted octanol–water partition coefficient (Wildman–Crippen LogP) is -0.237. The van der Waals surface area contributed by atoms with Crippen LogP contribution in [-0.4, -0.2) is 36.8 Å². The second kappa shape index (κ2) is 8.08. The van der Waals surface area contributed by atoms with Crippen LogP contribution in [0.4, 0.5) is 0 Å². The lowest BCUT2D eigenvalue weighted by molar-refractivity contribution is -0.117. The first-order valence-electron chi connectivity index (χ1n) is 5.92. The Labute approximate surface area is 111 Å². The molecule has 1 rings (SSSR count). The van der Waals surface area contributed by atoms with Crippen molar-refractivity contribution in [3.05, 3.63) is 29.8 Å². The van der Waals surface area contributed by atoms with Crippen LogP contribution in [0.2, 0.25) is 0 Å². The number of nitrogens with zero attached hydrogens (tertiary/aromatic N) is 1. The van der Waals surface area contributed by atoms with E-state index in [2.05, 4.69) is 5.32 Å². The average Bonchev–Trinajstić information content (AvgIpc) is 2.41. The maximum absolute atomic E-state index is 10.5. The molecule has 4 N–H and O–H groups in total. The first kappa shape index (κ1) is 15.0. The number of nitriles is 1. The van der Waals surface area contributed by atoms with Gasteiger partial charge in [0.2, 0.25) is 5.91 Å². The summed E-state index contributed by atoms with van der Waals surface area (Å²) in [6, 6.07) is 8.83. The van der Waals surface area contributed by atoms with E-state index in [0.29, 0.717) is 24.4 Å². The van der Waals surface area contributed by atoms with Crippen molar-refractivity contribution in [1.82, 2.24) is 5.32 Å². The van der Waals surface area contributed by atoms with E-state index in [1.54, 1.807) is 24.3 Å². The molecule has 0 aliphatic rings. The largest absolute Gasteiger partial charge is 0.489 e. The first-order chi connectivity index (χ1) is 9.13. The number of carbonyl (C=O) groups is 1. The van der Waals surface area contributed by atoms with Gasteiger partial charge in [-0.2, -0.15) is 5.26 Å². The van der Waals surface area contributed by atoms with Crippen molar-refractivity contribution in [1.29, 1.82) is 5.26 Å². The zero-order chi connectivity index (χ0) is 14.1. The van der Waals surface area contributed by atoms with Gasteiger partial charge in [-0.05, 0) is 12.1 Å². The molecule has 0 saturated carbocycles. The summed E-state index contributed by atoms with van der Waals surface area (Å²) < 4.78 is 5.36. The molecule has 1 aromatic rings. The third kappa shape index (κ3) is 5.86. The molecule has 102 valence electrons. The number of amides is 1. The molecule has 0 saturated heterocycles. The molecule has 6 heteroatoms. The molecule has 0 bridgehead atoms. The topological polar surface area (TPSA) is 108 Å². The third-order valence-electron chi connectivity index (χ3n) is 2.37. The standard InChI is InChI=1S/C13H17N3O3/c14-7-10-3-1-2-4-12(10)19-9-11(17)8-16-6-5-13(15)18/h1-4,11,16-17H,5-6,8-9H2,(H2,15,18). The molecule has 1 atom stereocenters. The number of aliphatic hydroxyl groups is 1. The molecular weight excluding hydrogens is 246 g/mol. The van der Waals surface area contributed by atoms with Gasteiger partial charge in [-0.15, -0.1) is 0 Å². The highest BCUT2D eigenvalue weighted by Gasteiger charge is 2.07. The molecule has 0 fully saturated rings. The second-order valence-electron chi connectivity index (χ2n) is 3.99. The summed E-state index contributed by atoms with van der Waals surface area (Å²) in [5.74, 6) is 0.0578. The number of rotatable bonds is 8. The fourth-order valence-electron chi connectivity index (χ4n) is 1.41. The zero-order valence-corrected chi connectivity index (χ0v) is 10.5. The van der Waals surface area contributed by atoms with E-state index >= 15 is 0 Å². The number of carbonyl (C=O) groups excluding carboxylic acids is 1. The van der Waals surface area contributed by atoms with Crippen molar-refractivity contribution in [3.63, 3.8) is 0 Å². The van der Waals surface area contributed by atoms with Gasteiger partial charge < -0.3 is 20.9 Å². The van der Waals surface area contributed by atoms with Crippen molar-refractivity contribution in [2.75, 3.05) is 19.7 Å². The molecule has 1 unspecified atom stereocenters. The molecule has 1 aromatic carbocycles. The Morgan fingerprint density at radius 2 is 2.26 bits per heavy atom. The number of primary amides is 1. The van der Waals surface area contributed by atoms with Crippen molar-refractivity contribution in [2.24, 2.45) is 5.73 Å². The van der Waals surface area contributed by atoms with Gasteiger partial charge in [0.25, 0.3) is 0 Å². The van der Waals surface area contributed by atoms with E-state index in [1.807, 2.05) is 6.07 Å². The van der Waals surface area contributed by atoms with Crippen molar-refractivity contribution in [3.8, 4) is 11.8 Å². The highest BCUT2D eigenvalue weighted by atomic mass is 16.5. The Morgan fingerprint density at radius 3 is 2.95 bits per heavy atom. The predicted molar refractivity (Wildman–Crippen MR) is 69.3 cm³/mol. The molecule has 1 amide bonds. The number of nitrogens with two attached hydrogens (primary N) is 1. The van der Waals surface area contributed by atoms with Gasteiger partial charge in [0.05, 0.1) is 5.56 Å². The van der Waals surface area contributed by atoms with Crippen LogP contribution in [-0.2, 0) is 4.79 Å². The fraction of sp³-hybridized carbons (Fsp3) is 0.385. The Kier molecular flexibility index (Phi) is 6.36. The van der Waals surface area contributed by atoms with Crippen LogP contribution in [0, 0.1) is 11.3 Å². The van der Waals surface area contributed by atoms with Gasteiger partial charge in [-0.25, -0.2) is 0 Å². The first-order valence-corrected chi connectivity index (χ1v) is 5.92. The van der Waals surface area contributed by atoms with Gasteiger partial charge >= 0.3 is 0 Å². The van der Waals surface area contributed by atoms with E-state index in [9.17, 15) is 9.90 Å². The summed E-state index contributed by atoms with van der Waals surface area (Å²) >= 11 is 0. The minimum absolute atomic E-state index is 0.0717. The van der Waals surface area contributed by atoms with Gasteiger partial charge in [-0.1, -0.05) is 12.1 Å². The molecule has 0 heterocycles. The van der Waals surface area contributed by atoms with Gasteiger partial charge in [0.1, 0.15) is 24.5 Å². The molecule has 0 aliphatic heterocycles. The summed E-state index contributed by atoms with van der Waals surface area (Å²) in [5, 5.41) is 21.4. The summed E-state index contributed by atoms with van der Waals surface area (Å²) in [6.45, 7) is 0.783. The number of hydrogen-bond donors (Lipinski definition) is 3. The third-order valence-corrected chi connectivity index (χ3v) is 2.37. The van der Waals surface area contributed by atoms with E-state index in [-0.39, 0.29) is 18.9 Å². The normalized spacial score (nSPS) is 11.6. The Bertz CT molecular complexity index is 457. The van der Waals surface area contributed by atoms with Crippen LogP contribution >= 0.6 is 0 Å². The monoisotopic (exact) mass is 263 g/mol. The van der Waals surface area contributed by atoms with Crippen molar-refractivity contribution in [2.45, 2.75) is 12.5 Å². The van der Waals surface area contributed by atoms with Crippen LogP contribution in [0.25, 0.3) is 0 Å². The molecule has 0 aromatic heterocycles. The number of para-hydroxylation sites is 1. The lowest BCUT2D eigenvalue weighted by atomic mass is 10.2. The fourth-order valence-corrected chi connectivity index (χ4v) is 1.41. The van der Waals surface area contributed by atoms with E-state index in [0.717, 1.165) is 0 Å². The quantitative estimate of drug-likeness (QED) is 0.561. The van der Waals surface area contributed by atoms with E-state index in [1.165, 1.54) is 0 Å². The van der Waals surface area contributed by atoms with E-state index in [4.69, 9.17) is 15.7 Å². The van der Waals surface area contributed by atoms with E-state index < -0.39 is 6.10 Å². The Hall–Kier alpha value is -2.10. The number of nitrogens with one attached hydrogen (secondary N) is 1. The number of aliphatic hydroxyl groups excluding tert-OH is 1. The van der Waals surface area contributed by atoms with Crippen LogP contribution in [0.3, 0.4) is 0 Å². The molecule has 6 nitrogen and oxygen atoms in total. The van der Waals surface area contributed by atoms with Crippen LogP contribution in [0.1, 0.15) is 12.0 Å². The minimum Gasteiger partial charge on any atom is -0.489 e. The van der Waals surface area contributed by atoms with Crippen LogP contribution in [0.5, 0.6) is 5.75 Å². The van der Waals surface area contributed by atoms with Gasteiger partial charge in [0, 0.05) is 19.5 Å². The highest BCUT2D eigenvalue weighted by molar-refractivity contribution is 5.73. The zero-order valence-electron chi connectivity index (χ0n) is 10.5. The number of ether oxygens (including phenoxy) is 1. The lowest BCUT2D eigenvalue weighted by Gasteiger charge is -2.13. The molecule has 0 spiro atoms. The molecule has 0 radical (unpaired) electrons. The van der Waals surface area contributed by atoms with Crippen molar-refractivity contribution < 1.29 is 14.6 Å². The maximum Gasteiger partial charge on any atom is 0.218 e. The smallest absolute Gasteiger partial charge is 0.218 e. The Morgan fingerprint density at radius 1 is 1.53 bits per heavy atom. The summed E-state index contributed by atoms with van der Waals surface area (Å²) in [7, 11) is 0. The summed E-state index contributed by atoms with van der Waals surface area (Å²) in [5.41, 5.74) is 5.41. The molecular formula is C13H17N3O3. The highest BCUT2D eigenvalue weighted by Crippen LogP contribution is 2.16. The molecule has 19 heavy (non-hydrogen) atoms. The Balaban J connectivity index is 2.28. The number of hydrogen-bond acceptors (Lipinski definition) is 5. The second-order valence-corrected chi connectivity index (χ2v) is 3.99. The number of benzene rings is 1. The van der Waals surface area contributed by atoms with Crippen molar-refractivity contribution >= 4 is 5.91 Å². The average molecular weight is 263 g/mol. The summed E-state index contributed by atoms with van der Waals surface area (Å²) in [6.07, 6.45) is -0.496. The molecule has 0 aliphatic carbocycles. The lowest BCUT2D eigenvalue weighted by Crippen LogP contribution is -2.33. The summed E-state index contributed by atoms with van der Waals surface area (Å²) in [4.78, 5) is 10.5. The van der Waals surface area contributed by atoms with Crippen LogP contribution < -0.4 is 15.8 Å². The maximum atomic E-state index is 10.5.